The highest BCUT2D eigenvalue weighted by Gasteiger charge is 2.36. The van der Waals surface area contributed by atoms with Crippen molar-refractivity contribution in [2.75, 3.05) is 13.2 Å². The van der Waals surface area contributed by atoms with Gasteiger partial charge in [-0.25, -0.2) is 4.79 Å². The van der Waals surface area contributed by atoms with Crippen LogP contribution in [0.3, 0.4) is 0 Å². The van der Waals surface area contributed by atoms with Crippen LogP contribution in [0.5, 0.6) is 5.75 Å². The lowest BCUT2D eigenvalue weighted by atomic mass is 9.83. The molecule has 4 rings (SSSR count). The van der Waals surface area contributed by atoms with Crippen LogP contribution in [0.2, 0.25) is 0 Å². The zero-order chi connectivity index (χ0) is 42.1. The van der Waals surface area contributed by atoms with E-state index in [1.165, 1.54) is 0 Å². The van der Waals surface area contributed by atoms with Gasteiger partial charge in [0.25, 0.3) is 5.91 Å². The number of esters is 1. The van der Waals surface area contributed by atoms with Crippen molar-refractivity contribution < 1.29 is 43.3 Å². The fourth-order valence-corrected chi connectivity index (χ4v) is 7.37. The topological polar surface area (TPSA) is 201 Å². The fourth-order valence-electron chi connectivity index (χ4n) is 7.37. The molecule has 1 heterocycles. The van der Waals surface area contributed by atoms with Crippen LogP contribution in [0.15, 0.2) is 54.6 Å². The molecule has 2 aromatic carbocycles. The van der Waals surface area contributed by atoms with Crippen molar-refractivity contribution >= 4 is 35.5 Å². The number of hydrogen-bond acceptors (Lipinski definition) is 9. The predicted molar refractivity (Wildman–Crippen MR) is 218 cm³/mol. The molecule has 0 aromatic heterocycles. The number of hydrogen-bond donors (Lipinski definition) is 6. The van der Waals surface area contributed by atoms with Gasteiger partial charge in [-0.15, -0.1) is 0 Å². The lowest BCUT2D eigenvalue weighted by Crippen LogP contribution is -2.59. The maximum atomic E-state index is 14.2. The number of aliphatic hydroxyl groups is 1. The molecule has 1 aliphatic heterocycles. The van der Waals surface area contributed by atoms with E-state index in [-0.39, 0.29) is 24.7 Å². The summed E-state index contributed by atoms with van der Waals surface area (Å²) < 4.78 is 11.5. The monoisotopic (exact) mass is 805 g/mol. The van der Waals surface area contributed by atoms with Gasteiger partial charge in [-0.2, -0.15) is 0 Å². The van der Waals surface area contributed by atoms with Gasteiger partial charge < -0.3 is 41.2 Å². The van der Waals surface area contributed by atoms with Crippen LogP contribution in [-0.4, -0.2) is 83.6 Å². The molecule has 6 N–H and O–H groups in total. The average Bonchev–Trinajstić information content (AvgIpc) is 3.19. The number of aliphatic hydroxyl groups excluding tert-OH is 1. The number of rotatable bonds is 12. The van der Waals surface area contributed by atoms with Crippen molar-refractivity contribution in [1.82, 2.24) is 26.6 Å². The Hall–Kier alpha value is -4.98. The van der Waals surface area contributed by atoms with E-state index in [1.54, 1.807) is 51.1 Å². The fraction of sp³-hybridized carbons (Fsp3) is 0.591. The first-order chi connectivity index (χ1) is 27.7. The third-order valence-electron chi connectivity index (χ3n) is 10.3. The smallest absolute Gasteiger partial charge is 0.333 e. The van der Waals surface area contributed by atoms with Crippen molar-refractivity contribution in [3.8, 4) is 5.75 Å². The Balaban J connectivity index is 1.49. The number of ether oxygens (including phenoxy) is 2. The first kappa shape index (κ1) is 45.7. The van der Waals surface area contributed by atoms with Gasteiger partial charge in [-0.05, 0) is 82.1 Å². The molecule has 1 fully saturated rings. The third-order valence-corrected chi connectivity index (χ3v) is 10.3. The summed E-state index contributed by atoms with van der Waals surface area (Å²) in [6, 6.07) is 11.7. The Morgan fingerprint density at radius 2 is 1.60 bits per heavy atom. The minimum absolute atomic E-state index is 0.0711. The molecule has 0 spiro atoms. The zero-order valence-corrected chi connectivity index (χ0v) is 34.5. The minimum atomic E-state index is -1.76. The number of nitrogens with one attached hydrogen (secondary N) is 5. The van der Waals surface area contributed by atoms with Crippen LogP contribution in [-0.2, 0) is 39.9 Å². The van der Waals surface area contributed by atoms with Gasteiger partial charge in [0.15, 0.2) is 12.1 Å². The lowest BCUT2D eigenvalue weighted by molar-refractivity contribution is -0.158. The second kappa shape index (κ2) is 22.8. The summed E-state index contributed by atoms with van der Waals surface area (Å²) in [5.41, 5.74) is 0.391. The highest BCUT2D eigenvalue weighted by Crippen LogP contribution is 2.27. The van der Waals surface area contributed by atoms with E-state index in [0.717, 1.165) is 56.9 Å². The van der Waals surface area contributed by atoms with Gasteiger partial charge in [-0.3, -0.25) is 24.0 Å². The quantitative estimate of drug-likeness (QED) is 0.171. The summed E-state index contributed by atoms with van der Waals surface area (Å²) in [6.45, 7) is 6.89. The second-order valence-corrected chi connectivity index (χ2v) is 16.4. The largest absolute Gasteiger partial charge is 0.494 e. The van der Waals surface area contributed by atoms with E-state index in [4.69, 9.17) is 9.47 Å². The summed E-state index contributed by atoms with van der Waals surface area (Å²) in [5, 5.41) is 25.0. The van der Waals surface area contributed by atoms with Crippen molar-refractivity contribution in [3.05, 3.63) is 65.7 Å². The summed E-state index contributed by atoms with van der Waals surface area (Å²) in [7, 11) is 0. The second-order valence-electron chi connectivity index (χ2n) is 16.4. The van der Waals surface area contributed by atoms with E-state index in [9.17, 15) is 33.9 Å². The normalized spacial score (nSPS) is 20.4. The van der Waals surface area contributed by atoms with E-state index in [1.807, 2.05) is 31.2 Å². The van der Waals surface area contributed by atoms with Gasteiger partial charge in [0.2, 0.25) is 23.6 Å². The molecule has 5 amide bonds. The van der Waals surface area contributed by atoms with E-state index < -0.39 is 72.0 Å². The molecule has 14 nitrogen and oxygen atoms in total. The number of fused-ring (bicyclic) bond motifs is 2. The zero-order valence-electron chi connectivity index (χ0n) is 34.5. The standard InChI is InChI=1S/C44H63N5O9/c1-5-17-33(39(52)42(55)45-28-36(51)49-38(31-21-12-9-13-22-31)43(56)58-44(2,3)4)46-40(53)34-27-29-18-16-23-32(26-29)57-25-15-7-6-14-24-35(50)48-37(41(54)47-34)30-19-10-8-11-20-30/h9,12-13,16,18,21-23,26,30,33-34,37-39,52H,5-8,10-11,14-15,17,19-20,24-25,27-28H2,1-4H3,(H,45,55)(H,46,53)(H,47,54)(H,48,50)(H,49,51). The predicted octanol–water partition coefficient (Wildman–Crippen LogP) is 4.08. The lowest BCUT2D eigenvalue weighted by Gasteiger charge is -2.32. The summed E-state index contributed by atoms with van der Waals surface area (Å²) in [6.07, 6.45) is 7.05. The molecule has 318 valence electrons. The van der Waals surface area contributed by atoms with Crippen LogP contribution in [0.1, 0.15) is 122 Å². The molecule has 2 bridgehead atoms. The van der Waals surface area contributed by atoms with Gasteiger partial charge >= 0.3 is 5.97 Å². The van der Waals surface area contributed by atoms with Gasteiger partial charge in [-0.1, -0.05) is 87.9 Å². The first-order valence-corrected chi connectivity index (χ1v) is 20.9. The molecule has 0 saturated heterocycles. The van der Waals surface area contributed by atoms with Gasteiger partial charge in [0, 0.05) is 12.8 Å². The highest BCUT2D eigenvalue weighted by atomic mass is 16.6. The van der Waals surface area contributed by atoms with Gasteiger partial charge in [0.1, 0.15) is 23.4 Å². The number of amides is 5. The Morgan fingerprint density at radius 1 is 0.897 bits per heavy atom. The van der Waals surface area contributed by atoms with Crippen molar-refractivity contribution in [3.63, 3.8) is 0 Å². The van der Waals surface area contributed by atoms with E-state index in [2.05, 4.69) is 26.6 Å². The molecule has 5 unspecified atom stereocenters. The minimum Gasteiger partial charge on any atom is -0.494 e. The molecule has 1 saturated carbocycles. The Labute approximate surface area is 342 Å². The molecule has 14 heteroatoms. The van der Waals surface area contributed by atoms with Crippen LogP contribution in [0, 0.1) is 5.92 Å². The van der Waals surface area contributed by atoms with Crippen LogP contribution < -0.4 is 31.3 Å². The van der Waals surface area contributed by atoms with Crippen LogP contribution >= 0.6 is 0 Å². The maximum Gasteiger partial charge on any atom is 0.333 e. The number of carbonyl (C=O) groups is 6. The van der Waals surface area contributed by atoms with E-state index in [0.29, 0.717) is 37.2 Å². The molecule has 2 aliphatic rings. The summed E-state index contributed by atoms with van der Waals surface area (Å²) >= 11 is 0. The Kier molecular flexibility index (Phi) is 18.0. The van der Waals surface area contributed by atoms with Crippen molar-refractivity contribution in [1.29, 1.82) is 0 Å². The molecule has 58 heavy (non-hydrogen) atoms. The van der Waals surface area contributed by atoms with E-state index >= 15 is 0 Å². The molecular weight excluding hydrogens is 743 g/mol. The van der Waals surface area contributed by atoms with Gasteiger partial charge in [0.05, 0.1) is 19.2 Å². The Morgan fingerprint density at radius 3 is 2.31 bits per heavy atom. The molecular formula is C44H63N5O9. The first-order valence-electron chi connectivity index (χ1n) is 20.9. The number of carbonyl (C=O) groups excluding carboxylic acids is 6. The third kappa shape index (κ3) is 15.1. The summed E-state index contributed by atoms with van der Waals surface area (Å²) in [5.74, 6) is -3.04. The maximum absolute atomic E-state index is 14.2. The Bertz CT molecular complexity index is 1670. The molecule has 0 radical (unpaired) electrons. The van der Waals surface area contributed by atoms with Crippen molar-refractivity contribution in [2.45, 2.75) is 147 Å². The highest BCUT2D eigenvalue weighted by molar-refractivity contribution is 5.93. The SMILES string of the molecule is CCCC(NC(=O)C1Cc2cccc(c2)OCCCCCCC(=O)NC(C2CCCCC2)C(=O)N1)C(O)C(=O)NCC(=O)NC(C(=O)OC(C)(C)C)c1ccccc1. The van der Waals surface area contributed by atoms with Crippen LogP contribution in [0.25, 0.3) is 0 Å². The molecule has 5 atom stereocenters. The van der Waals surface area contributed by atoms with Crippen molar-refractivity contribution in [2.24, 2.45) is 5.92 Å². The summed E-state index contributed by atoms with van der Waals surface area (Å²) in [4.78, 5) is 80.8. The number of benzene rings is 2. The molecule has 2 aromatic rings. The van der Waals surface area contributed by atoms with Crippen LogP contribution in [0.4, 0.5) is 0 Å². The average molecular weight is 806 g/mol. The molecule has 1 aliphatic carbocycles.